The Morgan fingerprint density at radius 1 is 0.818 bits per heavy atom. The van der Waals surface area contributed by atoms with E-state index in [1.54, 1.807) is 24.3 Å². The zero-order chi connectivity index (χ0) is 31.5. The number of aliphatic hydroxyl groups excluding tert-OH is 1. The summed E-state index contributed by atoms with van der Waals surface area (Å²) in [4.78, 5) is 57.5. The van der Waals surface area contributed by atoms with Crippen LogP contribution >= 0.6 is 0 Å². The molecule has 2 atom stereocenters. The molecule has 226 valence electrons. The second kappa shape index (κ2) is 15.0. The van der Waals surface area contributed by atoms with E-state index in [-0.39, 0.29) is 12.2 Å². The number of benzene rings is 3. The SMILES string of the molecule is CC(OC(=O)[C@H](O)CNC(=O)c1ncc(C(=O)NC(c2ccccc2)c2ccccc2)c(O)n1)C(=O)OCc1ccccc1. The van der Waals surface area contributed by atoms with Crippen molar-refractivity contribution in [1.29, 1.82) is 0 Å². The Labute approximate surface area is 252 Å². The van der Waals surface area contributed by atoms with Crippen LogP contribution in [0.5, 0.6) is 5.88 Å². The predicted octanol–water partition coefficient (Wildman–Crippen LogP) is 2.47. The van der Waals surface area contributed by atoms with Crippen molar-refractivity contribution in [3.8, 4) is 5.88 Å². The van der Waals surface area contributed by atoms with Crippen molar-refractivity contribution in [3.63, 3.8) is 0 Å². The Morgan fingerprint density at radius 3 is 1.95 bits per heavy atom. The van der Waals surface area contributed by atoms with Crippen LogP contribution in [0.2, 0.25) is 0 Å². The Kier molecular flexibility index (Phi) is 10.7. The second-order valence-corrected chi connectivity index (χ2v) is 9.56. The standard InChI is InChI=1S/C32H30N4O8/c1-20(31(41)43-19-21-11-5-2-6-12-21)44-32(42)25(37)18-34-30(40)27-33-17-24(29(39)36-27)28(38)35-26(22-13-7-3-8-14-22)23-15-9-4-10-16-23/h2-17,20,25-26,37H,18-19H2,1H3,(H,34,40)(H,35,38)(H,33,36,39)/t20?,25-/m1/s1. The average molecular weight is 599 g/mol. The van der Waals surface area contributed by atoms with Gasteiger partial charge in [0.25, 0.3) is 11.8 Å². The van der Waals surface area contributed by atoms with Gasteiger partial charge in [0.05, 0.1) is 12.6 Å². The molecular formula is C32H30N4O8. The molecule has 0 bridgehead atoms. The zero-order valence-corrected chi connectivity index (χ0v) is 23.6. The minimum atomic E-state index is -1.82. The maximum absolute atomic E-state index is 13.1. The monoisotopic (exact) mass is 598 g/mol. The molecule has 1 heterocycles. The Hall–Kier alpha value is -5.62. The van der Waals surface area contributed by atoms with Gasteiger partial charge in [-0.25, -0.2) is 14.6 Å². The number of nitrogens with zero attached hydrogens (tertiary/aromatic N) is 2. The van der Waals surface area contributed by atoms with Crippen LogP contribution in [0.4, 0.5) is 0 Å². The van der Waals surface area contributed by atoms with Gasteiger partial charge in [0.1, 0.15) is 12.2 Å². The number of carbonyl (C=O) groups is 4. The minimum absolute atomic E-state index is 0.0197. The van der Waals surface area contributed by atoms with Gasteiger partial charge in [-0.1, -0.05) is 91.0 Å². The number of aromatic nitrogens is 2. The molecule has 0 aliphatic heterocycles. The quantitative estimate of drug-likeness (QED) is 0.177. The van der Waals surface area contributed by atoms with Crippen molar-refractivity contribution in [3.05, 3.63) is 125 Å². The van der Waals surface area contributed by atoms with Gasteiger partial charge in [-0.15, -0.1) is 0 Å². The van der Waals surface area contributed by atoms with Crippen molar-refractivity contribution in [2.45, 2.75) is 31.8 Å². The first-order valence-electron chi connectivity index (χ1n) is 13.6. The highest BCUT2D eigenvalue weighted by Crippen LogP contribution is 2.23. The van der Waals surface area contributed by atoms with E-state index < -0.39 is 60.3 Å². The smallest absolute Gasteiger partial charge is 0.347 e. The molecule has 0 aliphatic rings. The van der Waals surface area contributed by atoms with E-state index in [2.05, 4.69) is 20.6 Å². The number of aromatic hydroxyl groups is 1. The fraction of sp³-hybridized carbons (Fsp3) is 0.188. The molecule has 0 saturated carbocycles. The molecule has 1 unspecified atom stereocenters. The summed E-state index contributed by atoms with van der Waals surface area (Å²) < 4.78 is 10.0. The van der Waals surface area contributed by atoms with E-state index >= 15 is 0 Å². The van der Waals surface area contributed by atoms with Gasteiger partial charge in [0.15, 0.2) is 12.2 Å². The third kappa shape index (κ3) is 8.46. The van der Waals surface area contributed by atoms with E-state index in [9.17, 15) is 29.4 Å². The average Bonchev–Trinajstić information content (AvgIpc) is 3.05. The summed E-state index contributed by atoms with van der Waals surface area (Å²) in [6, 6.07) is 26.8. The zero-order valence-electron chi connectivity index (χ0n) is 23.6. The van der Waals surface area contributed by atoms with Crippen molar-refractivity contribution >= 4 is 23.8 Å². The van der Waals surface area contributed by atoms with Crippen LogP contribution in [0.1, 0.15) is 50.6 Å². The molecule has 0 aliphatic carbocycles. The lowest BCUT2D eigenvalue weighted by Gasteiger charge is -2.20. The van der Waals surface area contributed by atoms with E-state index in [4.69, 9.17) is 9.47 Å². The minimum Gasteiger partial charge on any atom is -0.493 e. The number of nitrogens with one attached hydrogen (secondary N) is 2. The molecule has 1 aromatic heterocycles. The fourth-order valence-corrected chi connectivity index (χ4v) is 4.00. The largest absolute Gasteiger partial charge is 0.493 e. The molecule has 12 heteroatoms. The van der Waals surface area contributed by atoms with E-state index in [1.165, 1.54) is 6.92 Å². The van der Waals surface area contributed by atoms with Crippen molar-refractivity contribution in [1.82, 2.24) is 20.6 Å². The van der Waals surface area contributed by atoms with Crippen LogP contribution in [0.3, 0.4) is 0 Å². The Morgan fingerprint density at radius 2 is 1.39 bits per heavy atom. The summed E-state index contributed by atoms with van der Waals surface area (Å²) in [5.74, 6) is -4.87. The molecule has 2 amide bonds. The molecule has 0 saturated heterocycles. The maximum Gasteiger partial charge on any atom is 0.347 e. The molecule has 3 aromatic carbocycles. The summed E-state index contributed by atoms with van der Waals surface area (Å²) in [6.45, 7) is 0.659. The maximum atomic E-state index is 13.1. The van der Waals surface area contributed by atoms with Gasteiger partial charge in [0, 0.05) is 6.20 Å². The third-order valence-electron chi connectivity index (χ3n) is 6.33. The van der Waals surface area contributed by atoms with Gasteiger partial charge in [-0.05, 0) is 23.6 Å². The lowest BCUT2D eigenvalue weighted by molar-refractivity contribution is -0.172. The first-order chi connectivity index (χ1) is 21.2. The highest BCUT2D eigenvalue weighted by molar-refractivity contribution is 5.97. The van der Waals surface area contributed by atoms with E-state index in [0.717, 1.165) is 22.9 Å². The summed E-state index contributed by atoms with van der Waals surface area (Å²) >= 11 is 0. The number of hydrogen-bond donors (Lipinski definition) is 4. The topological polar surface area (TPSA) is 177 Å². The molecule has 4 rings (SSSR count). The van der Waals surface area contributed by atoms with Crippen LogP contribution < -0.4 is 10.6 Å². The number of esters is 2. The van der Waals surface area contributed by atoms with Gasteiger partial charge in [-0.2, -0.15) is 4.98 Å². The Bertz CT molecular complexity index is 1550. The molecule has 4 N–H and O–H groups in total. The van der Waals surface area contributed by atoms with Crippen molar-refractivity contribution < 1.29 is 38.9 Å². The first-order valence-corrected chi connectivity index (χ1v) is 13.6. The van der Waals surface area contributed by atoms with Crippen LogP contribution in [0.25, 0.3) is 0 Å². The van der Waals surface area contributed by atoms with Crippen LogP contribution in [0.15, 0.2) is 97.2 Å². The Balaban J connectivity index is 1.30. The number of amides is 2. The van der Waals surface area contributed by atoms with Crippen molar-refractivity contribution in [2.24, 2.45) is 0 Å². The first kappa shape index (κ1) is 31.3. The summed E-state index contributed by atoms with van der Waals surface area (Å²) in [5, 5.41) is 25.6. The summed E-state index contributed by atoms with van der Waals surface area (Å²) in [7, 11) is 0. The summed E-state index contributed by atoms with van der Waals surface area (Å²) in [6.07, 6.45) is -2.14. The van der Waals surface area contributed by atoms with Gasteiger partial charge < -0.3 is 30.3 Å². The van der Waals surface area contributed by atoms with Crippen molar-refractivity contribution in [2.75, 3.05) is 6.54 Å². The number of ether oxygens (including phenoxy) is 2. The van der Waals surface area contributed by atoms with Gasteiger partial charge in [-0.3, -0.25) is 9.59 Å². The lowest BCUT2D eigenvalue weighted by atomic mass is 9.98. The van der Waals surface area contributed by atoms with Crippen LogP contribution in [-0.4, -0.2) is 62.7 Å². The molecular weight excluding hydrogens is 568 g/mol. The molecule has 4 aromatic rings. The predicted molar refractivity (Wildman–Crippen MR) is 156 cm³/mol. The van der Waals surface area contributed by atoms with Gasteiger partial charge >= 0.3 is 11.9 Å². The molecule has 44 heavy (non-hydrogen) atoms. The lowest BCUT2D eigenvalue weighted by Crippen LogP contribution is -2.40. The molecule has 0 fully saturated rings. The van der Waals surface area contributed by atoms with Crippen LogP contribution in [0, 0.1) is 0 Å². The third-order valence-corrected chi connectivity index (χ3v) is 6.33. The normalized spacial score (nSPS) is 12.1. The van der Waals surface area contributed by atoms with E-state index in [1.807, 2.05) is 66.7 Å². The highest BCUT2D eigenvalue weighted by atomic mass is 16.6. The van der Waals surface area contributed by atoms with E-state index in [0.29, 0.717) is 0 Å². The fourth-order valence-electron chi connectivity index (χ4n) is 4.00. The molecule has 0 spiro atoms. The number of rotatable bonds is 12. The summed E-state index contributed by atoms with van der Waals surface area (Å²) in [5.41, 5.74) is 2.08. The number of hydrogen-bond acceptors (Lipinski definition) is 10. The van der Waals surface area contributed by atoms with Gasteiger partial charge in [0.2, 0.25) is 11.7 Å². The highest BCUT2D eigenvalue weighted by Gasteiger charge is 2.26. The molecule has 0 radical (unpaired) electrons. The molecule has 12 nitrogen and oxygen atoms in total. The second-order valence-electron chi connectivity index (χ2n) is 9.56. The number of carbonyl (C=O) groups excluding carboxylic acids is 4. The van der Waals surface area contributed by atoms with Crippen LogP contribution in [-0.2, 0) is 25.7 Å². The number of aliphatic hydroxyl groups is 1.